The first-order valence-corrected chi connectivity index (χ1v) is 9.31. The zero-order valence-corrected chi connectivity index (χ0v) is 16.5. The van der Waals surface area contributed by atoms with Crippen molar-refractivity contribution in [2.24, 2.45) is 0 Å². The summed E-state index contributed by atoms with van der Waals surface area (Å²) in [5.41, 5.74) is 0.305. The Balaban J connectivity index is 2.02. The van der Waals surface area contributed by atoms with E-state index < -0.39 is 23.0 Å². The van der Waals surface area contributed by atoms with E-state index in [4.69, 9.17) is 4.42 Å². The zero-order valence-electron chi connectivity index (χ0n) is 16.5. The fraction of sp³-hybridized carbons (Fsp3) is 0.143. The molecule has 0 bridgehead atoms. The van der Waals surface area contributed by atoms with Crippen LogP contribution < -0.4 is 10.9 Å². The fourth-order valence-electron chi connectivity index (χ4n) is 3.08. The number of halogens is 3. The first-order valence-electron chi connectivity index (χ1n) is 9.31. The zero-order chi connectivity index (χ0) is 22.1. The summed E-state index contributed by atoms with van der Waals surface area (Å²) in [6.07, 6.45) is 0. The topological polar surface area (TPSA) is 85.8 Å². The molecule has 2 aromatic heterocycles. The number of hydrogen-bond acceptors (Lipinski definition) is 6. The van der Waals surface area contributed by atoms with Crippen LogP contribution >= 0.6 is 0 Å². The molecule has 0 aliphatic heterocycles. The molecule has 0 aliphatic rings. The minimum Gasteiger partial charge on any atom is -0.421 e. The molecule has 1 N–H and O–H groups in total. The van der Waals surface area contributed by atoms with Gasteiger partial charge in [-0.15, -0.1) is 10.2 Å². The highest BCUT2D eigenvalue weighted by Gasteiger charge is 2.25. The van der Waals surface area contributed by atoms with Gasteiger partial charge in [-0.1, -0.05) is 30.3 Å². The molecule has 0 saturated heterocycles. The average Bonchev–Trinajstić information content (AvgIpc) is 3.19. The number of aryl methyl sites for hydroxylation is 2. The second-order valence-electron chi connectivity index (χ2n) is 6.59. The molecule has 158 valence electrons. The van der Waals surface area contributed by atoms with Gasteiger partial charge in [0.15, 0.2) is 17.5 Å². The SMILES string of the molecule is CCn1nc(-c2ccccc2)c(-c2nnc(C)o2)c(Nc2cc(F)c(F)c(F)c2)c1=O. The van der Waals surface area contributed by atoms with Crippen molar-refractivity contribution in [2.75, 3.05) is 5.32 Å². The largest absolute Gasteiger partial charge is 0.421 e. The van der Waals surface area contributed by atoms with Crippen molar-refractivity contribution in [1.82, 2.24) is 20.0 Å². The number of aromatic nitrogens is 4. The van der Waals surface area contributed by atoms with Gasteiger partial charge in [-0.05, 0) is 6.92 Å². The van der Waals surface area contributed by atoms with E-state index in [0.717, 1.165) is 12.1 Å². The highest BCUT2D eigenvalue weighted by molar-refractivity contribution is 5.87. The van der Waals surface area contributed by atoms with Crippen LogP contribution in [0.5, 0.6) is 0 Å². The first-order chi connectivity index (χ1) is 14.9. The van der Waals surface area contributed by atoms with Crippen LogP contribution in [-0.2, 0) is 6.54 Å². The number of anilines is 2. The Morgan fingerprint density at radius 2 is 1.74 bits per heavy atom. The van der Waals surface area contributed by atoms with Gasteiger partial charge in [-0.25, -0.2) is 17.9 Å². The van der Waals surface area contributed by atoms with Gasteiger partial charge in [-0.3, -0.25) is 4.79 Å². The molecule has 0 amide bonds. The number of nitrogens with zero attached hydrogens (tertiary/aromatic N) is 4. The van der Waals surface area contributed by atoms with Gasteiger partial charge in [0.05, 0.1) is 5.56 Å². The normalized spacial score (nSPS) is 11.0. The lowest BCUT2D eigenvalue weighted by Crippen LogP contribution is -2.26. The quantitative estimate of drug-likeness (QED) is 0.474. The maximum atomic E-state index is 13.8. The van der Waals surface area contributed by atoms with E-state index in [9.17, 15) is 18.0 Å². The third-order valence-electron chi connectivity index (χ3n) is 4.50. The second kappa shape index (κ2) is 8.05. The van der Waals surface area contributed by atoms with Crippen LogP contribution in [0, 0.1) is 24.4 Å². The maximum Gasteiger partial charge on any atom is 0.291 e. The molecule has 0 radical (unpaired) electrons. The third kappa shape index (κ3) is 3.79. The number of hydrogen-bond donors (Lipinski definition) is 1. The molecule has 7 nitrogen and oxygen atoms in total. The fourth-order valence-corrected chi connectivity index (χ4v) is 3.08. The minimum absolute atomic E-state index is 0.00485. The standard InChI is InChI=1S/C21H16F3N5O2/c1-3-29-21(30)19(25-13-9-14(22)17(24)15(23)10-13)16(20-27-26-11(2)31-20)18(28-29)12-7-5-4-6-8-12/h4-10,25H,3H2,1-2H3. The van der Waals surface area contributed by atoms with Crippen molar-refractivity contribution < 1.29 is 17.6 Å². The molecule has 4 aromatic rings. The monoisotopic (exact) mass is 427 g/mol. The Kier molecular flexibility index (Phi) is 5.28. The molecular formula is C21H16F3N5O2. The van der Waals surface area contributed by atoms with Gasteiger partial charge < -0.3 is 9.73 Å². The molecule has 31 heavy (non-hydrogen) atoms. The van der Waals surface area contributed by atoms with Crippen LogP contribution in [0.2, 0.25) is 0 Å². The van der Waals surface area contributed by atoms with Crippen LogP contribution in [-0.4, -0.2) is 20.0 Å². The molecule has 2 heterocycles. The van der Waals surface area contributed by atoms with E-state index in [1.807, 2.05) is 6.07 Å². The highest BCUT2D eigenvalue weighted by atomic mass is 19.2. The molecule has 0 aliphatic carbocycles. The number of nitrogens with one attached hydrogen (secondary N) is 1. The van der Waals surface area contributed by atoms with Gasteiger partial charge in [0.25, 0.3) is 11.4 Å². The van der Waals surface area contributed by atoms with Gasteiger partial charge in [-0.2, -0.15) is 5.10 Å². The summed E-state index contributed by atoms with van der Waals surface area (Å²) in [6, 6.07) is 10.5. The first kappa shape index (κ1) is 20.3. The summed E-state index contributed by atoms with van der Waals surface area (Å²) in [5, 5.41) is 14.9. The molecule has 0 fully saturated rings. The second-order valence-corrected chi connectivity index (χ2v) is 6.59. The lowest BCUT2D eigenvalue weighted by molar-refractivity contribution is 0.448. The Morgan fingerprint density at radius 1 is 1.06 bits per heavy atom. The van der Waals surface area contributed by atoms with Crippen LogP contribution in [0.4, 0.5) is 24.5 Å². The molecule has 0 saturated carbocycles. The summed E-state index contributed by atoms with van der Waals surface area (Å²) < 4.78 is 47.7. The summed E-state index contributed by atoms with van der Waals surface area (Å²) in [6.45, 7) is 3.53. The third-order valence-corrected chi connectivity index (χ3v) is 4.50. The summed E-state index contributed by atoms with van der Waals surface area (Å²) in [5.74, 6) is -4.16. The smallest absolute Gasteiger partial charge is 0.291 e. The van der Waals surface area contributed by atoms with E-state index in [2.05, 4.69) is 20.6 Å². The lowest BCUT2D eigenvalue weighted by Gasteiger charge is -2.16. The van der Waals surface area contributed by atoms with E-state index >= 15 is 0 Å². The predicted octanol–water partition coefficient (Wildman–Crippen LogP) is 4.45. The Labute approximate surface area is 174 Å². The Bertz CT molecular complexity index is 1300. The van der Waals surface area contributed by atoms with Gasteiger partial charge in [0.1, 0.15) is 11.4 Å². The van der Waals surface area contributed by atoms with E-state index in [0.29, 0.717) is 11.3 Å². The molecule has 0 atom stereocenters. The van der Waals surface area contributed by atoms with Gasteiger partial charge in [0, 0.05) is 36.9 Å². The molecular weight excluding hydrogens is 411 g/mol. The van der Waals surface area contributed by atoms with E-state index in [1.54, 1.807) is 38.1 Å². The van der Waals surface area contributed by atoms with Crippen LogP contribution in [0.3, 0.4) is 0 Å². The van der Waals surface area contributed by atoms with Crippen molar-refractivity contribution >= 4 is 11.4 Å². The van der Waals surface area contributed by atoms with Crippen molar-refractivity contribution in [1.29, 1.82) is 0 Å². The van der Waals surface area contributed by atoms with Crippen molar-refractivity contribution in [2.45, 2.75) is 20.4 Å². The van der Waals surface area contributed by atoms with E-state index in [1.165, 1.54) is 4.68 Å². The maximum absolute atomic E-state index is 13.8. The molecule has 0 unspecified atom stereocenters. The van der Waals surface area contributed by atoms with Crippen molar-refractivity contribution in [3.8, 4) is 22.7 Å². The molecule has 4 rings (SSSR count). The predicted molar refractivity (Wildman–Crippen MR) is 107 cm³/mol. The summed E-state index contributed by atoms with van der Waals surface area (Å²) in [4.78, 5) is 13.1. The molecule has 2 aromatic carbocycles. The summed E-state index contributed by atoms with van der Waals surface area (Å²) in [7, 11) is 0. The Morgan fingerprint density at radius 3 is 2.32 bits per heavy atom. The molecule has 0 spiro atoms. The van der Waals surface area contributed by atoms with E-state index in [-0.39, 0.29) is 35.3 Å². The van der Waals surface area contributed by atoms with Crippen LogP contribution in [0.25, 0.3) is 22.7 Å². The minimum atomic E-state index is -1.61. The average molecular weight is 427 g/mol. The van der Waals surface area contributed by atoms with Gasteiger partial charge in [0.2, 0.25) is 5.89 Å². The van der Waals surface area contributed by atoms with Crippen molar-refractivity contribution in [3.05, 3.63) is 76.2 Å². The summed E-state index contributed by atoms with van der Waals surface area (Å²) >= 11 is 0. The van der Waals surface area contributed by atoms with Crippen LogP contribution in [0.15, 0.2) is 51.7 Å². The van der Waals surface area contributed by atoms with Crippen LogP contribution in [0.1, 0.15) is 12.8 Å². The Hall–Kier alpha value is -3.95. The number of benzene rings is 2. The highest BCUT2D eigenvalue weighted by Crippen LogP contribution is 2.35. The lowest BCUT2D eigenvalue weighted by atomic mass is 10.0. The number of rotatable bonds is 5. The van der Waals surface area contributed by atoms with Gasteiger partial charge >= 0.3 is 0 Å². The molecule has 10 heteroatoms. The van der Waals surface area contributed by atoms with Crippen molar-refractivity contribution in [3.63, 3.8) is 0 Å².